The summed E-state index contributed by atoms with van der Waals surface area (Å²) in [6.45, 7) is 5.23. The lowest BCUT2D eigenvalue weighted by Crippen LogP contribution is -2.35. The number of nitrogens with one attached hydrogen (secondary N) is 1. The van der Waals surface area contributed by atoms with E-state index in [4.69, 9.17) is 5.73 Å². The number of carbonyl (C=O) groups is 2. The fourth-order valence-corrected chi connectivity index (χ4v) is 2.94. The van der Waals surface area contributed by atoms with Crippen molar-refractivity contribution in [2.45, 2.75) is 31.6 Å². The Balaban J connectivity index is 2.02. The van der Waals surface area contributed by atoms with Gasteiger partial charge in [0.1, 0.15) is 5.82 Å². The number of nitrogens with two attached hydrogens (primary N) is 1. The number of carbonyl (C=O) groups excluding carboxylic acids is 2. The lowest BCUT2D eigenvalue weighted by molar-refractivity contribution is -0.124. The van der Waals surface area contributed by atoms with Crippen molar-refractivity contribution in [1.82, 2.24) is 25.0 Å². The van der Waals surface area contributed by atoms with Crippen LogP contribution in [0.4, 0.5) is 4.79 Å². The van der Waals surface area contributed by atoms with E-state index in [1.165, 1.54) is 16.7 Å². The molecular weight excluding hydrogens is 280 g/mol. The van der Waals surface area contributed by atoms with E-state index in [0.29, 0.717) is 30.6 Å². The van der Waals surface area contributed by atoms with Gasteiger partial charge in [0, 0.05) is 19.1 Å². The molecule has 20 heavy (non-hydrogen) atoms. The molecule has 2 rings (SSSR count). The molecule has 1 saturated heterocycles. The third kappa shape index (κ3) is 2.93. The number of urea groups is 1. The highest BCUT2D eigenvalue weighted by Gasteiger charge is 2.26. The van der Waals surface area contributed by atoms with Crippen molar-refractivity contribution in [3.8, 4) is 0 Å². The molecule has 3 N–H and O–H groups in total. The molecule has 1 aliphatic rings. The van der Waals surface area contributed by atoms with Gasteiger partial charge in [0.05, 0.1) is 12.3 Å². The Morgan fingerprint density at radius 3 is 2.80 bits per heavy atom. The quantitative estimate of drug-likeness (QED) is 0.739. The highest BCUT2D eigenvalue weighted by molar-refractivity contribution is 7.99. The summed E-state index contributed by atoms with van der Waals surface area (Å²) in [4.78, 5) is 24.6. The lowest BCUT2D eigenvalue weighted by Gasteiger charge is -2.14. The molecule has 8 nitrogen and oxygen atoms in total. The zero-order valence-corrected chi connectivity index (χ0v) is 12.3. The predicted molar refractivity (Wildman–Crippen MR) is 74.1 cm³/mol. The van der Waals surface area contributed by atoms with Crippen LogP contribution < -0.4 is 11.1 Å². The lowest BCUT2D eigenvalue weighted by atomic mass is 10.4. The minimum absolute atomic E-state index is 0.156. The van der Waals surface area contributed by atoms with Gasteiger partial charge in [0.15, 0.2) is 5.16 Å². The van der Waals surface area contributed by atoms with E-state index >= 15 is 0 Å². The molecule has 0 atom stereocenters. The van der Waals surface area contributed by atoms with E-state index in [9.17, 15) is 9.59 Å². The Kier molecular flexibility index (Phi) is 4.61. The molecule has 0 aromatic carbocycles. The van der Waals surface area contributed by atoms with Crippen molar-refractivity contribution in [2.75, 3.05) is 18.8 Å². The normalized spacial score (nSPS) is 15.0. The minimum atomic E-state index is -0.330. The molecule has 110 valence electrons. The smallest absolute Gasteiger partial charge is 0.324 e. The van der Waals surface area contributed by atoms with Gasteiger partial charge in [-0.1, -0.05) is 11.8 Å². The molecule has 0 saturated carbocycles. The maximum absolute atomic E-state index is 11.9. The minimum Gasteiger partial charge on any atom is -0.336 e. The summed E-state index contributed by atoms with van der Waals surface area (Å²) in [6.07, 6.45) is 0. The molecule has 3 amide bonds. The number of hydrogen-bond acceptors (Lipinski definition) is 6. The fourth-order valence-electron chi connectivity index (χ4n) is 1.98. The topological polar surface area (TPSA) is 106 Å². The van der Waals surface area contributed by atoms with Crippen LogP contribution in [0.25, 0.3) is 0 Å². The summed E-state index contributed by atoms with van der Waals surface area (Å²) in [6, 6.07) is -0.167. The number of amides is 3. The van der Waals surface area contributed by atoms with Gasteiger partial charge in [-0.25, -0.2) is 4.79 Å². The average Bonchev–Trinajstić information content (AvgIpc) is 3.01. The summed E-state index contributed by atoms with van der Waals surface area (Å²) in [5.74, 6) is 0.620. The van der Waals surface area contributed by atoms with Gasteiger partial charge < -0.3 is 15.6 Å². The molecule has 0 bridgehead atoms. The third-order valence-corrected chi connectivity index (χ3v) is 3.84. The fraction of sp³-hybridized carbons (Fsp3) is 0.636. The first kappa shape index (κ1) is 14.8. The van der Waals surface area contributed by atoms with Crippen LogP contribution in [0.1, 0.15) is 25.7 Å². The third-order valence-electron chi connectivity index (χ3n) is 2.92. The maximum atomic E-state index is 11.9. The first-order valence-corrected chi connectivity index (χ1v) is 7.38. The van der Waals surface area contributed by atoms with Crippen molar-refractivity contribution in [1.29, 1.82) is 0 Å². The van der Waals surface area contributed by atoms with Gasteiger partial charge in [-0.15, -0.1) is 10.2 Å². The van der Waals surface area contributed by atoms with Gasteiger partial charge in [0.2, 0.25) is 5.91 Å². The summed E-state index contributed by atoms with van der Waals surface area (Å²) in [5.41, 5.74) is 5.61. The van der Waals surface area contributed by atoms with E-state index in [-0.39, 0.29) is 23.7 Å². The molecule has 9 heteroatoms. The summed E-state index contributed by atoms with van der Waals surface area (Å²) < 4.78 is 1.90. The molecule has 1 fully saturated rings. The standard InChI is InChI=1S/C11H18N6O2S/c1-7(2)17-8(5-12)14-15-11(17)20-6-9(18)16-4-3-13-10(16)19/h7H,3-6,12H2,1-2H3,(H,13,19). The Labute approximate surface area is 121 Å². The van der Waals surface area contributed by atoms with Crippen LogP contribution >= 0.6 is 11.8 Å². The van der Waals surface area contributed by atoms with Gasteiger partial charge in [-0.2, -0.15) is 0 Å². The second-order valence-corrected chi connectivity index (χ2v) is 5.58. The maximum Gasteiger partial charge on any atom is 0.324 e. The SMILES string of the molecule is CC(C)n1c(CN)nnc1SCC(=O)N1CCNC1=O. The molecule has 1 aromatic rings. The first-order chi connectivity index (χ1) is 9.54. The Hall–Kier alpha value is -1.61. The Morgan fingerprint density at radius 2 is 2.25 bits per heavy atom. The van der Waals surface area contributed by atoms with Crippen molar-refractivity contribution in [2.24, 2.45) is 5.73 Å². The molecule has 0 unspecified atom stereocenters. The van der Waals surface area contributed by atoms with Crippen molar-refractivity contribution in [3.05, 3.63) is 5.82 Å². The summed E-state index contributed by atoms with van der Waals surface area (Å²) >= 11 is 1.27. The number of aromatic nitrogens is 3. The van der Waals surface area contributed by atoms with Crippen molar-refractivity contribution in [3.63, 3.8) is 0 Å². The van der Waals surface area contributed by atoms with Gasteiger partial charge in [-0.3, -0.25) is 9.69 Å². The second-order valence-electron chi connectivity index (χ2n) is 4.63. The number of thioether (sulfide) groups is 1. The molecule has 0 spiro atoms. The molecular formula is C11H18N6O2S. The first-order valence-electron chi connectivity index (χ1n) is 6.39. The molecule has 2 heterocycles. The van der Waals surface area contributed by atoms with Crippen LogP contribution in [-0.2, 0) is 11.3 Å². The summed E-state index contributed by atoms with van der Waals surface area (Å²) in [7, 11) is 0. The van der Waals surface area contributed by atoms with Crippen LogP contribution in [0.3, 0.4) is 0 Å². The number of imide groups is 1. The number of rotatable bonds is 5. The average molecular weight is 298 g/mol. The van der Waals surface area contributed by atoms with Crippen molar-refractivity contribution < 1.29 is 9.59 Å². The molecule has 0 radical (unpaired) electrons. The van der Waals surface area contributed by atoms with Crippen LogP contribution in [-0.4, -0.2) is 50.4 Å². The number of hydrogen-bond donors (Lipinski definition) is 2. The van der Waals surface area contributed by atoms with Crippen LogP contribution in [0.5, 0.6) is 0 Å². The molecule has 1 aliphatic heterocycles. The largest absolute Gasteiger partial charge is 0.336 e. The Morgan fingerprint density at radius 1 is 1.50 bits per heavy atom. The van der Waals surface area contributed by atoms with E-state index < -0.39 is 0 Å². The van der Waals surface area contributed by atoms with Gasteiger partial charge in [0.25, 0.3) is 0 Å². The van der Waals surface area contributed by atoms with Crippen LogP contribution in [0, 0.1) is 0 Å². The van der Waals surface area contributed by atoms with E-state index in [0.717, 1.165) is 0 Å². The molecule has 1 aromatic heterocycles. The van der Waals surface area contributed by atoms with Crippen LogP contribution in [0.2, 0.25) is 0 Å². The monoisotopic (exact) mass is 298 g/mol. The highest BCUT2D eigenvalue weighted by atomic mass is 32.2. The Bertz CT molecular complexity index is 515. The highest BCUT2D eigenvalue weighted by Crippen LogP contribution is 2.21. The van der Waals surface area contributed by atoms with Crippen molar-refractivity contribution >= 4 is 23.7 Å². The van der Waals surface area contributed by atoms with Crippen LogP contribution in [0.15, 0.2) is 5.16 Å². The number of nitrogens with zero attached hydrogens (tertiary/aromatic N) is 4. The van der Waals surface area contributed by atoms with E-state index in [1.807, 2.05) is 18.4 Å². The predicted octanol–water partition coefficient (Wildman–Crippen LogP) is -0.0384. The van der Waals surface area contributed by atoms with E-state index in [2.05, 4.69) is 15.5 Å². The van der Waals surface area contributed by atoms with E-state index in [1.54, 1.807) is 0 Å². The summed E-state index contributed by atoms with van der Waals surface area (Å²) in [5, 5.41) is 11.3. The zero-order valence-electron chi connectivity index (χ0n) is 11.5. The van der Waals surface area contributed by atoms with Gasteiger partial charge >= 0.3 is 6.03 Å². The molecule has 0 aliphatic carbocycles. The second kappa shape index (κ2) is 6.23. The zero-order chi connectivity index (χ0) is 14.7. The van der Waals surface area contributed by atoms with Gasteiger partial charge in [-0.05, 0) is 13.8 Å².